The summed E-state index contributed by atoms with van der Waals surface area (Å²) in [5, 5.41) is 0. The molecule has 0 aromatic heterocycles. The molecule has 0 amide bonds. The van der Waals surface area contributed by atoms with E-state index in [0.717, 1.165) is 57.8 Å². The molecule has 0 aromatic carbocycles. The van der Waals surface area contributed by atoms with Gasteiger partial charge in [-0.2, -0.15) is 0 Å². The number of carbonyl (C=O) groups is 1. The van der Waals surface area contributed by atoms with Crippen LogP contribution in [0.4, 0.5) is 0 Å². The van der Waals surface area contributed by atoms with Gasteiger partial charge in [0, 0.05) is 19.6 Å². The summed E-state index contributed by atoms with van der Waals surface area (Å²) in [6.07, 6.45) is 53.3. The second-order valence-electron chi connectivity index (χ2n) is 13.5. The van der Waals surface area contributed by atoms with Crippen LogP contribution < -0.4 is 5.73 Å². The zero-order valence-corrected chi connectivity index (χ0v) is 35.1. The molecule has 0 saturated heterocycles. The number of phosphoric ester groups is 1. The van der Waals surface area contributed by atoms with Gasteiger partial charge in [-0.15, -0.1) is 0 Å². The number of phosphoric acid groups is 1. The third-order valence-electron chi connectivity index (χ3n) is 8.31. The van der Waals surface area contributed by atoms with Crippen LogP contribution in [-0.4, -0.2) is 49.9 Å². The molecule has 0 radical (unpaired) electrons. The predicted molar refractivity (Wildman–Crippen MR) is 228 cm³/mol. The molecule has 0 aliphatic carbocycles. The van der Waals surface area contributed by atoms with Crippen molar-refractivity contribution in [3.63, 3.8) is 0 Å². The highest BCUT2D eigenvalue weighted by Gasteiger charge is 2.25. The second kappa shape index (κ2) is 41.8. The molecule has 3 N–H and O–H groups in total. The van der Waals surface area contributed by atoms with Gasteiger partial charge in [-0.05, 0) is 77.0 Å². The first-order chi connectivity index (χ1) is 26.4. The Labute approximate surface area is 330 Å². The number of unbranched alkanes of at least 4 members (excludes halogenated alkanes) is 12. The van der Waals surface area contributed by atoms with Gasteiger partial charge >= 0.3 is 13.8 Å². The summed E-state index contributed by atoms with van der Waals surface area (Å²) in [5.41, 5.74) is 5.36. The van der Waals surface area contributed by atoms with E-state index in [0.29, 0.717) is 13.0 Å². The fraction of sp³-hybridized carbons (Fsp3) is 0.667. The van der Waals surface area contributed by atoms with Crippen molar-refractivity contribution < 1.29 is 32.8 Å². The van der Waals surface area contributed by atoms with Crippen LogP contribution in [0.5, 0.6) is 0 Å². The molecule has 0 spiro atoms. The van der Waals surface area contributed by atoms with Crippen molar-refractivity contribution in [3.05, 3.63) is 85.1 Å². The SMILES string of the molecule is CC/C=C\C/C=C\C/C=C\C/C=C\C/C=C\C/C=C\CCC(=O)OC(COCCCCCCCC/C=C\CCCCCCCC)COP(=O)(O)OCCN. The van der Waals surface area contributed by atoms with Gasteiger partial charge in [-0.25, -0.2) is 4.57 Å². The first kappa shape index (κ1) is 51.7. The summed E-state index contributed by atoms with van der Waals surface area (Å²) in [6, 6.07) is 0. The van der Waals surface area contributed by atoms with Crippen molar-refractivity contribution in [1.82, 2.24) is 0 Å². The topological polar surface area (TPSA) is 117 Å². The molecule has 2 atom stereocenters. The minimum absolute atomic E-state index is 0.0770. The summed E-state index contributed by atoms with van der Waals surface area (Å²) in [4.78, 5) is 22.4. The number of hydrogen-bond donors (Lipinski definition) is 2. The van der Waals surface area contributed by atoms with Crippen molar-refractivity contribution in [2.24, 2.45) is 5.73 Å². The third-order valence-corrected chi connectivity index (χ3v) is 9.29. The average Bonchev–Trinajstić information content (AvgIpc) is 3.16. The van der Waals surface area contributed by atoms with Gasteiger partial charge in [-0.1, -0.05) is 157 Å². The Morgan fingerprint density at radius 2 is 1.04 bits per heavy atom. The second-order valence-corrected chi connectivity index (χ2v) is 14.9. The first-order valence-corrected chi connectivity index (χ1v) is 22.6. The fourth-order valence-corrected chi connectivity index (χ4v) is 6.02. The van der Waals surface area contributed by atoms with Gasteiger partial charge in [0.25, 0.3) is 0 Å². The van der Waals surface area contributed by atoms with Crippen LogP contribution in [0.15, 0.2) is 85.1 Å². The van der Waals surface area contributed by atoms with Crippen molar-refractivity contribution in [3.8, 4) is 0 Å². The Kier molecular flexibility index (Phi) is 40.0. The lowest BCUT2D eigenvalue weighted by atomic mass is 10.1. The van der Waals surface area contributed by atoms with Crippen LogP contribution in [0.2, 0.25) is 0 Å². The molecule has 0 aliphatic rings. The van der Waals surface area contributed by atoms with Gasteiger partial charge in [0.15, 0.2) is 0 Å². The maximum Gasteiger partial charge on any atom is 0.472 e. The van der Waals surface area contributed by atoms with Crippen LogP contribution >= 0.6 is 7.82 Å². The molecule has 0 fully saturated rings. The number of nitrogens with two attached hydrogens (primary N) is 1. The van der Waals surface area contributed by atoms with Gasteiger partial charge in [0.05, 0.1) is 19.8 Å². The maximum atomic E-state index is 12.5. The Balaban J connectivity index is 4.21. The Hall–Kier alpha value is -2.32. The summed E-state index contributed by atoms with van der Waals surface area (Å²) in [7, 11) is -4.30. The highest BCUT2D eigenvalue weighted by Crippen LogP contribution is 2.43. The summed E-state index contributed by atoms with van der Waals surface area (Å²) in [5.74, 6) is -0.417. The number of ether oxygens (including phenoxy) is 2. The van der Waals surface area contributed by atoms with Crippen molar-refractivity contribution in [2.45, 2.75) is 161 Å². The maximum absolute atomic E-state index is 12.5. The van der Waals surface area contributed by atoms with Crippen LogP contribution in [0.3, 0.4) is 0 Å². The molecule has 0 aliphatic heterocycles. The van der Waals surface area contributed by atoms with Crippen LogP contribution in [0, 0.1) is 0 Å². The van der Waals surface area contributed by atoms with E-state index in [1.807, 2.05) is 12.2 Å². The van der Waals surface area contributed by atoms with E-state index in [1.54, 1.807) is 0 Å². The third kappa shape index (κ3) is 40.9. The lowest BCUT2D eigenvalue weighted by Gasteiger charge is -2.19. The van der Waals surface area contributed by atoms with Crippen LogP contribution in [-0.2, 0) is 27.9 Å². The van der Waals surface area contributed by atoms with Crippen LogP contribution in [0.25, 0.3) is 0 Å². The number of hydrogen-bond acceptors (Lipinski definition) is 7. The Morgan fingerprint density at radius 1 is 0.574 bits per heavy atom. The number of carbonyl (C=O) groups excluding carboxylic acids is 1. The number of rotatable bonds is 39. The largest absolute Gasteiger partial charge is 0.472 e. The molecule has 0 saturated carbocycles. The van der Waals surface area contributed by atoms with Crippen molar-refractivity contribution in [1.29, 1.82) is 0 Å². The van der Waals surface area contributed by atoms with E-state index in [2.05, 4.69) is 86.8 Å². The standard InChI is InChI=1S/C45H78NO7P/c1-3-5-7-9-11-13-15-17-19-21-22-23-24-26-28-30-32-34-36-38-45(47)53-44(43-52-54(48,49)51-41-39-46)42-50-40-37-35-33-31-29-27-25-20-18-16-14-12-10-8-6-4-2/h5,7,11,13,17-20,22-23,26,28,32,34,44H,3-4,6,8-10,12,14-16,21,24-25,27,29-31,33,35-43,46H2,1-2H3,(H,48,49)/b7-5-,13-11-,19-17-,20-18-,23-22-,28-26-,34-32-. The molecular formula is C45H78NO7P. The van der Waals surface area contributed by atoms with Gasteiger partial charge in [-0.3, -0.25) is 13.8 Å². The number of esters is 1. The zero-order chi connectivity index (χ0) is 39.5. The molecule has 0 heterocycles. The Bertz CT molecular complexity index is 1100. The average molecular weight is 776 g/mol. The lowest BCUT2D eigenvalue weighted by molar-refractivity contribution is -0.154. The molecule has 54 heavy (non-hydrogen) atoms. The molecular weight excluding hydrogens is 697 g/mol. The highest BCUT2D eigenvalue weighted by atomic mass is 31.2. The van der Waals surface area contributed by atoms with Crippen molar-refractivity contribution >= 4 is 13.8 Å². The summed E-state index contributed by atoms with van der Waals surface area (Å²) < 4.78 is 33.3. The smallest absolute Gasteiger partial charge is 0.457 e. The fourth-order valence-electron chi connectivity index (χ4n) is 5.25. The highest BCUT2D eigenvalue weighted by molar-refractivity contribution is 7.47. The molecule has 9 heteroatoms. The van der Waals surface area contributed by atoms with E-state index in [-0.39, 0.29) is 32.8 Å². The van der Waals surface area contributed by atoms with Gasteiger partial charge in [0.1, 0.15) is 6.10 Å². The molecule has 8 nitrogen and oxygen atoms in total. The molecule has 0 bridgehead atoms. The van der Waals surface area contributed by atoms with E-state index in [9.17, 15) is 14.3 Å². The van der Waals surface area contributed by atoms with E-state index in [1.165, 1.54) is 70.6 Å². The molecule has 0 aromatic rings. The van der Waals surface area contributed by atoms with Gasteiger partial charge in [0.2, 0.25) is 0 Å². The van der Waals surface area contributed by atoms with Crippen LogP contribution in [0.1, 0.15) is 155 Å². The molecule has 0 rings (SSSR count). The minimum Gasteiger partial charge on any atom is -0.457 e. The van der Waals surface area contributed by atoms with E-state index < -0.39 is 19.9 Å². The quantitative estimate of drug-likeness (QED) is 0.0274. The van der Waals surface area contributed by atoms with Crippen molar-refractivity contribution in [2.75, 3.05) is 33.0 Å². The molecule has 310 valence electrons. The first-order valence-electron chi connectivity index (χ1n) is 21.1. The summed E-state index contributed by atoms with van der Waals surface area (Å²) in [6.45, 7) is 4.66. The van der Waals surface area contributed by atoms with E-state index in [4.69, 9.17) is 24.3 Å². The zero-order valence-electron chi connectivity index (χ0n) is 34.2. The number of allylic oxidation sites excluding steroid dienone is 14. The summed E-state index contributed by atoms with van der Waals surface area (Å²) >= 11 is 0. The minimum atomic E-state index is -4.30. The van der Waals surface area contributed by atoms with E-state index >= 15 is 0 Å². The lowest BCUT2D eigenvalue weighted by Crippen LogP contribution is -2.28. The monoisotopic (exact) mass is 776 g/mol. The van der Waals surface area contributed by atoms with Gasteiger partial charge < -0.3 is 20.1 Å². The normalized spacial score (nSPS) is 14.4. The Morgan fingerprint density at radius 3 is 1.56 bits per heavy atom. The predicted octanol–water partition coefficient (Wildman–Crippen LogP) is 12.5. The molecule has 2 unspecified atom stereocenters.